The number of ether oxygens (including phenoxy) is 1. The highest BCUT2D eigenvalue weighted by Crippen LogP contribution is 2.37. The third-order valence-electron chi connectivity index (χ3n) is 3.52. The quantitative estimate of drug-likeness (QED) is 0.539. The number of hydrogen-bond donors (Lipinski definition) is 1. The van der Waals surface area contributed by atoms with Gasteiger partial charge in [-0.05, 0) is 29.8 Å². The summed E-state index contributed by atoms with van der Waals surface area (Å²) in [5.41, 5.74) is 0.832. The van der Waals surface area contributed by atoms with Crippen LogP contribution < -0.4 is 0 Å². The van der Waals surface area contributed by atoms with Crippen LogP contribution in [0.2, 0.25) is 5.02 Å². The maximum Gasteiger partial charge on any atom is 0.363 e. The molecule has 0 unspecified atom stereocenters. The normalized spacial score (nSPS) is 15.8. The smallest absolute Gasteiger partial charge is 0.363 e. The number of nitrogens with zero attached hydrogens (tertiary/aromatic N) is 1. The van der Waals surface area contributed by atoms with Gasteiger partial charge in [0.1, 0.15) is 10.6 Å². The van der Waals surface area contributed by atoms with E-state index in [2.05, 4.69) is 4.99 Å². The summed E-state index contributed by atoms with van der Waals surface area (Å²) in [5.74, 6) is -0.216. The maximum atomic E-state index is 12.1. The summed E-state index contributed by atoms with van der Waals surface area (Å²) in [5, 5.41) is 10.9. The summed E-state index contributed by atoms with van der Waals surface area (Å²) >= 11 is 7.83. The van der Waals surface area contributed by atoms with Crippen LogP contribution in [0.25, 0.3) is 16.2 Å². The molecule has 4 nitrogen and oxygen atoms in total. The predicted molar refractivity (Wildman–Crippen MR) is 95.5 cm³/mol. The van der Waals surface area contributed by atoms with Crippen LogP contribution in [0.3, 0.4) is 0 Å². The number of halogens is 1. The van der Waals surface area contributed by atoms with Gasteiger partial charge in [-0.3, -0.25) is 0 Å². The topological polar surface area (TPSA) is 58.9 Å². The zero-order chi connectivity index (χ0) is 16.7. The Labute approximate surface area is 146 Å². The molecule has 0 saturated heterocycles. The monoisotopic (exact) mass is 355 g/mol. The molecular formula is C18H10ClNO3S. The summed E-state index contributed by atoms with van der Waals surface area (Å²) in [4.78, 5) is 17.0. The highest BCUT2D eigenvalue weighted by molar-refractivity contribution is 7.21. The summed E-state index contributed by atoms with van der Waals surface area (Å²) in [6.45, 7) is 0. The number of phenols is 1. The van der Waals surface area contributed by atoms with E-state index in [9.17, 15) is 9.90 Å². The lowest BCUT2D eigenvalue weighted by molar-refractivity contribution is -0.129. The Hall–Kier alpha value is -2.63. The van der Waals surface area contributed by atoms with Gasteiger partial charge in [-0.15, -0.1) is 11.3 Å². The van der Waals surface area contributed by atoms with Gasteiger partial charge in [0.15, 0.2) is 5.70 Å². The second-order valence-corrected chi connectivity index (χ2v) is 6.60. The van der Waals surface area contributed by atoms with E-state index in [1.54, 1.807) is 30.3 Å². The lowest BCUT2D eigenvalue weighted by atomic mass is 10.2. The highest BCUT2D eigenvalue weighted by atomic mass is 35.5. The lowest BCUT2D eigenvalue weighted by Gasteiger charge is -1.96. The first-order chi connectivity index (χ1) is 11.6. The number of hydrogen-bond acceptors (Lipinski definition) is 5. The molecule has 0 radical (unpaired) electrons. The van der Waals surface area contributed by atoms with Gasteiger partial charge in [0, 0.05) is 10.1 Å². The van der Waals surface area contributed by atoms with Crippen LogP contribution in [-0.2, 0) is 9.53 Å². The van der Waals surface area contributed by atoms with Crippen molar-refractivity contribution in [3.8, 4) is 5.75 Å². The molecule has 24 heavy (non-hydrogen) atoms. The molecule has 0 saturated carbocycles. The Morgan fingerprint density at radius 1 is 1.17 bits per heavy atom. The van der Waals surface area contributed by atoms with E-state index in [1.165, 1.54) is 11.3 Å². The molecular weight excluding hydrogens is 346 g/mol. The van der Waals surface area contributed by atoms with Crippen molar-refractivity contribution in [1.29, 1.82) is 0 Å². The molecule has 2 heterocycles. The SMILES string of the molecule is O=C1OC(c2sc3ccccc3c2Cl)=N/C1=C/c1cccc(O)c1. The van der Waals surface area contributed by atoms with Gasteiger partial charge in [0.25, 0.3) is 0 Å². The first kappa shape index (κ1) is 14.9. The minimum absolute atomic E-state index is 0.118. The molecule has 0 bridgehead atoms. The average molecular weight is 356 g/mol. The van der Waals surface area contributed by atoms with Gasteiger partial charge in [0.05, 0.1) is 5.02 Å². The van der Waals surface area contributed by atoms with E-state index in [0.717, 1.165) is 10.1 Å². The van der Waals surface area contributed by atoms with Crippen molar-refractivity contribution in [1.82, 2.24) is 0 Å². The third kappa shape index (κ3) is 2.58. The van der Waals surface area contributed by atoms with Crippen LogP contribution >= 0.6 is 22.9 Å². The maximum absolute atomic E-state index is 12.1. The van der Waals surface area contributed by atoms with Crippen LogP contribution in [0.4, 0.5) is 0 Å². The molecule has 0 aliphatic carbocycles. The number of benzene rings is 2. The Morgan fingerprint density at radius 3 is 2.79 bits per heavy atom. The van der Waals surface area contributed by atoms with Crippen molar-refractivity contribution in [2.45, 2.75) is 0 Å². The van der Waals surface area contributed by atoms with Gasteiger partial charge in [-0.1, -0.05) is 41.9 Å². The zero-order valence-corrected chi connectivity index (χ0v) is 13.8. The van der Waals surface area contributed by atoms with E-state index in [4.69, 9.17) is 16.3 Å². The molecule has 2 aromatic carbocycles. The number of phenolic OH excluding ortho intramolecular Hbond substituents is 1. The summed E-state index contributed by atoms with van der Waals surface area (Å²) in [6, 6.07) is 14.3. The Kier molecular flexibility index (Phi) is 3.59. The Balaban J connectivity index is 1.76. The van der Waals surface area contributed by atoms with Gasteiger partial charge in [-0.2, -0.15) is 0 Å². The standard InChI is InChI=1S/C18H10ClNO3S/c19-15-12-6-1-2-7-14(12)24-16(15)17-20-13(18(22)23-17)9-10-4-3-5-11(21)8-10/h1-9,21H/b13-9+. The summed E-state index contributed by atoms with van der Waals surface area (Å²) in [6.07, 6.45) is 1.57. The van der Waals surface area contributed by atoms with E-state index < -0.39 is 5.97 Å². The first-order valence-corrected chi connectivity index (χ1v) is 8.30. The number of esters is 1. The molecule has 1 aliphatic rings. The van der Waals surface area contributed by atoms with Crippen molar-refractivity contribution in [2.24, 2.45) is 4.99 Å². The fourth-order valence-electron chi connectivity index (χ4n) is 2.43. The number of aromatic hydroxyl groups is 1. The van der Waals surface area contributed by atoms with Gasteiger partial charge < -0.3 is 9.84 Å². The van der Waals surface area contributed by atoms with Gasteiger partial charge in [0.2, 0.25) is 5.90 Å². The van der Waals surface area contributed by atoms with E-state index in [1.807, 2.05) is 24.3 Å². The molecule has 6 heteroatoms. The van der Waals surface area contributed by atoms with E-state index in [-0.39, 0.29) is 17.3 Å². The van der Waals surface area contributed by atoms with Crippen LogP contribution in [0.5, 0.6) is 5.75 Å². The van der Waals surface area contributed by atoms with Gasteiger partial charge >= 0.3 is 5.97 Å². The van der Waals surface area contributed by atoms with Crippen LogP contribution in [0.15, 0.2) is 59.2 Å². The number of fused-ring (bicyclic) bond motifs is 1. The highest BCUT2D eigenvalue weighted by Gasteiger charge is 2.27. The summed E-state index contributed by atoms with van der Waals surface area (Å²) < 4.78 is 6.28. The zero-order valence-electron chi connectivity index (χ0n) is 12.2. The van der Waals surface area contributed by atoms with Crippen LogP contribution in [0, 0.1) is 0 Å². The van der Waals surface area contributed by atoms with Crippen molar-refractivity contribution >= 4 is 51.0 Å². The van der Waals surface area contributed by atoms with E-state index >= 15 is 0 Å². The fraction of sp³-hybridized carbons (Fsp3) is 0. The number of cyclic esters (lactones) is 1. The number of rotatable bonds is 2. The van der Waals surface area contributed by atoms with Crippen molar-refractivity contribution in [3.05, 3.63) is 69.7 Å². The van der Waals surface area contributed by atoms with Crippen molar-refractivity contribution in [3.63, 3.8) is 0 Å². The molecule has 118 valence electrons. The number of thiophene rings is 1. The predicted octanol–water partition coefficient (Wildman–Crippen LogP) is 4.60. The number of carbonyl (C=O) groups is 1. The minimum atomic E-state index is -0.540. The lowest BCUT2D eigenvalue weighted by Crippen LogP contribution is -2.04. The van der Waals surface area contributed by atoms with Crippen molar-refractivity contribution < 1.29 is 14.6 Å². The second-order valence-electron chi connectivity index (χ2n) is 5.17. The molecule has 0 spiro atoms. The Bertz CT molecular complexity index is 1040. The number of carbonyl (C=O) groups excluding carboxylic acids is 1. The minimum Gasteiger partial charge on any atom is -0.508 e. The van der Waals surface area contributed by atoms with Crippen LogP contribution in [-0.4, -0.2) is 17.0 Å². The molecule has 1 aromatic heterocycles. The first-order valence-electron chi connectivity index (χ1n) is 7.11. The number of aliphatic imine (C=N–C) groups is 1. The Morgan fingerprint density at radius 2 is 2.00 bits per heavy atom. The van der Waals surface area contributed by atoms with Crippen molar-refractivity contribution in [2.75, 3.05) is 0 Å². The second kappa shape index (κ2) is 5.78. The molecule has 0 amide bonds. The molecule has 1 N–H and O–H groups in total. The van der Waals surface area contributed by atoms with Gasteiger partial charge in [-0.25, -0.2) is 9.79 Å². The van der Waals surface area contributed by atoms with E-state index in [0.29, 0.717) is 15.5 Å². The molecule has 4 rings (SSSR count). The average Bonchev–Trinajstić information content (AvgIpc) is 3.09. The van der Waals surface area contributed by atoms with Crippen LogP contribution in [0.1, 0.15) is 10.4 Å². The molecule has 0 fully saturated rings. The fourth-order valence-corrected chi connectivity index (χ4v) is 3.87. The molecule has 1 aliphatic heterocycles. The largest absolute Gasteiger partial charge is 0.508 e. The third-order valence-corrected chi connectivity index (χ3v) is 5.19. The summed E-state index contributed by atoms with van der Waals surface area (Å²) in [7, 11) is 0. The molecule has 3 aromatic rings. The molecule has 0 atom stereocenters.